The number of ether oxygens (including phenoxy) is 2. The summed E-state index contributed by atoms with van der Waals surface area (Å²) in [7, 11) is 0. The standard InChI is InChI=1S/C17H24N4O5/c1-5-25-15(23)12-13-14(22)18-6-10-7-20(16(24)26-17(2,3)4)8-11(10)21(13)9-19-12/h9-11H,5-8H2,1-4H3,(H,18,22)/t10-,11+/m0/s1. The number of rotatable bonds is 2. The van der Waals surface area contributed by atoms with Crippen LogP contribution in [0, 0.1) is 5.92 Å². The predicted molar refractivity (Wildman–Crippen MR) is 90.9 cm³/mol. The molecule has 1 N–H and O–H groups in total. The summed E-state index contributed by atoms with van der Waals surface area (Å²) in [4.78, 5) is 42.6. The largest absolute Gasteiger partial charge is 0.461 e. The van der Waals surface area contributed by atoms with E-state index in [1.807, 2.05) is 20.8 Å². The maximum Gasteiger partial charge on any atom is 0.410 e. The molecule has 0 aromatic carbocycles. The maximum atomic E-state index is 12.4. The number of hydrogen-bond donors (Lipinski definition) is 1. The SMILES string of the molecule is CCOC(=O)c1ncn2c1C(=O)NC[C@H]1CN(C(=O)OC(C)(C)C)C[C@H]12. The third-order valence-corrected chi connectivity index (χ3v) is 4.42. The Hall–Kier alpha value is -2.58. The van der Waals surface area contributed by atoms with Crippen molar-refractivity contribution in [2.75, 3.05) is 26.2 Å². The number of nitrogens with zero attached hydrogens (tertiary/aromatic N) is 3. The third-order valence-electron chi connectivity index (χ3n) is 4.42. The van der Waals surface area contributed by atoms with Crippen molar-refractivity contribution >= 4 is 18.0 Å². The van der Waals surface area contributed by atoms with Crippen LogP contribution in [0.3, 0.4) is 0 Å². The zero-order chi connectivity index (χ0) is 19.1. The molecule has 1 aromatic rings. The summed E-state index contributed by atoms with van der Waals surface area (Å²) >= 11 is 0. The maximum absolute atomic E-state index is 12.4. The summed E-state index contributed by atoms with van der Waals surface area (Å²) < 4.78 is 12.1. The minimum Gasteiger partial charge on any atom is -0.461 e. The van der Waals surface area contributed by atoms with Crippen LogP contribution in [0.4, 0.5) is 4.79 Å². The van der Waals surface area contributed by atoms with Crippen LogP contribution in [0.2, 0.25) is 0 Å². The number of likely N-dealkylation sites (tertiary alicyclic amines) is 1. The number of imidazole rings is 1. The van der Waals surface area contributed by atoms with E-state index in [0.717, 1.165) is 0 Å². The zero-order valence-electron chi connectivity index (χ0n) is 15.4. The third kappa shape index (κ3) is 3.38. The van der Waals surface area contributed by atoms with E-state index >= 15 is 0 Å². The number of amides is 2. The average Bonchev–Trinajstić information content (AvgIpc) is 3.12. The number of carbonyl (C=O) groups is 3. The van der Waals surface area contributed by atoms with E-state index in [9.17, 15) is 14.4 Å². The van der Waals surface area contributed by atoms with Gasteiger partial charge in [-0.2, -0.15) is 0 Å². The molecule has 1 fully saturated rings. The van der Waals surface area contributed by atoms with Crippen molar-refractivity contribution in [3.8, 4) is 0 Å². The highest BCUT2D eigenvalue weighted by Crippen LogP contribution is 2.32. The van der Waals surface area contributed by atoms with E-state index in [2.05, 4.69) is 10.3 Å². The molecule has 0 unspecified atom stereocenters. The van der Waals surface area contributed by atoms with Crippen LogP contribution < -0.4 is 5.32 Å². The topological polar surface area (TPSA) is 103 Å². The molecule has 1 saturated heterocycles. The Morgan fingerprint density at radius 2 is 2.08 bits per heavy atom. The first-order valence-corrected chi connectivity index (χ1v) is 8.71. The van der Waals surface area contributed by atoms with Gasteiger partial charge in [-0.25, -0.2) is 14.6 Å². The first kappa shape index (κ1) is 18.2. The van der Waals surface area contributed by atoms with Crippen molar-refractivity contribution in [1.29, 1.82) is 0 Å². The van der Waals surface area contributed by atoms with Crippen molar-refractivity contribution in [3.63, 3.8) is 0 Å². The van der Waals surface area contributed by atoms with Crippen molar-refractivity contribution in [2.45, 2.75) is 39.3 Å². The Balaban J connectivity index is 1.87. The molecule has 2 aliphatic heterocycles. The molecule has 3 rings (SSSR count). The number of fused-ring (bicyclic) bond motifs is 3. The van der Waals surface area contributed by atoms with E-state index < -0.39 is 11.6 Å². The van der Waals surface area contributed by atoms with E-state index in [4.69, 9.17) is 9.47 Å². The Kier molecular flexibility index (Phi) is 4.64. The lowest BCUT2D eigenvalue weighted by Gasteiger charge is -2.24. The second kappa shape index (κ2) is 6.62. The van der Waals surface area contributed by atoms with Gasteiger partial charge in [-0.1, -0.05) is 0 Å². The fourth-order valence-corrected chi connectivity index (χ4v) is 3.34. The van der Waals surface area contributed by atoms with E-state index in [1.54, 1.807) is 16.4 Å². The van der Waals surface area contributed by atoms with Crippen LogP contribution in [0.15, 0.2) is 6.33 Å². The number of aromatic nitrogens is 2. The van der Waals surface area contributed by atoms with Gasteiger partial charge in [0.25, 0.3) is 5.91 Å². The molecule has 1 aromatic heterocycles. The summed E-state index contributed by atoms with van der Waals surface area (Å²) in [6.45, 7) is 8.61. The van der Waals surface area contributed by atoms with Crippen molar-refractivity contribution in [2.24, 2.45) is 5.92 Å². The second-order valence-corrected chi connectivity index (χ2v) is 7.49. The van der Waals surface area contributed by atoms with E-state index in [1.165, 1.54) is 6.33 Å². The van der Waals surface area contributed by atoms with Gasteiger partial charge in [0.15, 0.2) is 5.69 Å². The molecule has 142 valence electrons. The van der Waals surface area contributed by atoms with Crippen LogP contribution in [0.1, 0.15) is 54.7 Å². The summed E-state index contributed by atoms with van der Waals surface area (Å²) in [5.41, 5.74) is -0.393. The van der Waals surface area contributed by atoms with Gasteiger partial charge in [0, 0.05) is 25.6 Å². The fraction of sp³-hybridized carbons (Fsp3) is 0.647. The summed E-state index contributed by atoms with van der Waals surface area (Å²) in [5, 5.41) is 2.82. The van der Waals surface area contributed by atoms with Gasteiger partial charge < -0.3 is 24.3 Å². The van der Waals surface area contributed by atoms with Gasteiger partial charge in [-0.15, -0.1) is 0 Å². The molecule has 2 aliphatic rings. The van der Waals surface area contributed by atoms with E-state index in [-0.39, 0.29) is 42.0 Å². The van der Waals surface area contributed by atoms with Gasteiger partial charge in [-0.3, -0.25) is 4.79 Å². The van der Waals surface area contributed by atoms with Crippen LogP contribution >= 0.6 is 0 Å². The summed E-state index contributed by atoms with van der Waals surface area (Å²) in [6, 6.07) is -0.160. The van der Waals surface area contributed by atoms with Gasteiger partial charge in [0.05, 0.1) is 19.0 Å². The van der Waals surface area contributed by atoms with Crippen LogP contribution in [0.5, 0.6) is 0 Å². The highest BCUT2D eigenvalue weighted by Gasteiger charge is 2.42. The Morgan fingerprint density at radius 3 is 2.73 bits per heavy atom. The lowest BCUT2D eigenvalue weighted by atomic mass is 10.0. The summed E-state index contributed by atoms with van der Waals surface area (Å²) in [5.74, 6) is -0.974. The lowest BCUT2D eigenvalue weighted by molar-refractivity contribution is 0.0283. The quantitative estimate of drug-likeness (QED) is 0.792. The smallest absolute Gasteiger partial charge is 0.410 e. The predicted octanol–water partition coefficient (Wildman–Crippen LogP) is 1.21. The Labute approximate surface area is 151 Å². The van der Waals surface area contributed by atoms with Gasteiger partial charge in [-0.05, 0) is 27.7 Å². The van der Waals surface area contributed by atoms with Gasteiger partial charge >= 0.3 is 12.1 Å². The first-order chi connectivity index (χ1) is 12.2. The number of esters is 1. The molecule has 0 saturated carbocycles. The first-order valence-electron chi connectivity index (χ1n) is 8.71. The highest BCUT2D eigenvalue weighted by molar-refractivity contribution is 6.03. The second-order valence-electron chi connectivity index (χ2n) is 7.49. The number of nitrogens with one attached hydrogen (secondary N) is 1. The van der Waals surface area contributed by atoms with Crippen molar-refractivity contribution < 1.29 is 23.9 Å². The average molecular weight is 364 g/mol. The molecule has 9 nitrogen and oxygen atoms in total. The van der Waals surface area contributed by atoms with Crippen LogP contribution in [0.25, 0.3) is 0 Å². The number of hydrogen-bond acceptors (Lipinski definition) is 6. The van der Waals surface area contributed by atoms with Gasteiger partial charge in [0.1, 0.15) is 11.3 Å². The van der Waals surface area contributed by atoms with Gasteiger partial charge in [0.2, 0.25) is 0 Å². The molecule has 0 spiro atoms. The molecule has 26 heavy (non-hydrogen) atoms. The lowest BCUT2D eigenvalue weighted by Crippen LogP contribution is -2.37. The molecule has 2 atom stereocenters. The molecule has 9 heteroatoms. The summed E-state index contributed by atoms with van der Waals surface area (Å²) in [6.07, 6.45) is 1.09. The Bertz CT molecular complexity index is 736. The Morgan fingerprint density at radius 1 is 1.35 bits per heavy atom. The molecule has 0 radical (unpaired) electrons. The highest BCUT2D eigenvalue weighted by atomic mass is 16.6. The van der Waals surface area contributed by atoms with Crippen LogP contribution in [-0.2, 0) is 9.47 Å². The zero-order valence-corrected chi connectivity index (χ0v) is 15.4. The van der Waals surface area contributed by atoms with E-state index in [0.29, 0.717) is 19.6 Å². The molecular weight excluding hydrogens is 340 g/mol. The van der Waals surface area contributed by atoms with Crippen molar-refractivity contribution in [1.82, 2.24) is 19.8 Å². The normalized spacial score (nSPS) is 22.2. The van der Waals surface area contributed by atoms with Crippen molar-refractivity contribution in [3.05, 3.63) is 17.7 Å². The number of carbonyl (C=O) groups excluding carboxylic acids is 3. The molecule has 0 bridgehead atoms. The molecular formula is C17H24N4O5. The fourth-order valence-electron chi connectivity index (χ4n) is 3.34. The minimum atomic E-state index is -0.628. The molecule has 0 aliphatic carbocycles. The minimum absolute atomic E-state index is 0.000665. The molecule has 3 heterocycles. The van der Waals surface area contributed by atoms with Crippen LogP contribution in [-0.4, -0.2) is 64.3 Å². The molecule has 2 amide bonds. The monoisotopic (exact) mass is 364 g/mol.